The molecule has 0 radical (unpaired) electrons. The van der Waals surface area contributed by atoms with Crippen LogP contribution in [0.5, 0.6) is 0 Å². The zero-order valence-corrected chi connectivity index (χ0v) is 20.2. The molecular weight excluding hydrogens is 556 g/mol. The van der Waals surface area contributed by atoms with Crippen LogP contribution in [0.2, 0.25) is 0 Å². The summed E-state index contributed by atoms with van der Waals surface area (Å²) in [7, 11) is 0. The highest BCUT2D eigenvalue weighted by atomic mass is 19.4. The Labute approximate surface area is 218 Å². The molecule has 0 spiro atoms. The molecule has 0 amide bonds. The van der Waals surface area contributed by atoms with Crippen molar-refractivity contribution in [3.63, 3.8) is 0 Å². The third-order valence-corrected chi connectivity index (χ3v) is 5.83. The Morgan fingerprint density at radius 2 is 1.70 bits per heavy atom. The molecule has 3 aromatic heterocycles. The lowest BCUT2D eigenvalue weighted by atomic mass is 10.1. The van der Waals surface area contributed by atoms with Gasteiger partial charge in [-0.25, -0.2) is 23.8 Å². The maximum atomic E-state index is 14.8. The summed E-state index contributed by atoms with van der Waals surface area (Å²) in [4.78, 5) is 31.6. The number of alkyl halides is 7. The Kier molecular flexibility index (Phi) is 7.63. The summed E-state index contributed by atoms with van der Waals surface area (Å²) in [5.74, 6) is -1.34. The second kappa shape index (κ2) is 10.7. The van der Waals surface area contributed by atoms with Gasteiger partial charge in [-0.2, -0.15) is 31.4 Å². The van der Waals surface area contributed by atoms with Crippen LogP contribution in [0.3, 0.4) is 0 Å². The van der Waals surface area contributed by atoms with E-state index in [0.29, 0.717) is 12.4 Å². The molecule has 4 rings (SSSR count). The van der Waals surface area contributed by atoms with Gasteiger partial charge in [0.1, 0.15) is 17.6 Å². The first-order valence-electron chi connectivity index (χ1n) is 11.4. The summed E-state index contributed by atoms with van der Waals surface area (Å²) in [6, 6.07) is 2.45. The van der Waals surface area contributed by atoms with Crippen LogP contribution in [0.4, 0.5) is 40.8 Å². The molecule has 16 heteroatoms. The average Bonchev–Trinajstić information content (AvgIpc) is 2.84. The third kappa shape index (κ3) is 6.10. The number of anilines is 1. The summed E-state index contributed by atoms with van der Waals surface area (Å²) in [5, 5.41) is 7.45. The Morgan fingerprint density at radius 3 is 2.33 bits per heavy atom. The number of fused-ring (bicyclic) bond motifs is 1. The lowest BCUT2D eigenvalue weighted by Crippen LogP contribution is -2.30. The maximum absolute atomic E-state index is 14.8. The second-order valence-corrected chi connectivity index (χ2v) is 8.85. The van der Waals surface area contributed by atoms with Crippen LogP contribution in [0.15, 0.2) is 52.6 Å². The molecule has 0 aliphatic rings. The molecule has 212 valence electrons. The van der Waals surface area contributed by atoms with Crippen molar-refractivity contribution in [1.82, 2.24) is 24.7 Å². The van der Waals surface area contributed by atoms with E-state index in [0.717, 1.165) is 16.8 Å². The zero-order chi connectivity index (χ0) is 29.4. The van der Waals surface area contributed by atoms with Crippen LogP contribution in [-0.2, 0) is 18.9 Å². The van der Waals surface area contributed by atoms with E-state index >= 15 is 0 Å². The number of H-pyrrole nitrogens is 1. The molecule has 4 aromatic rings. The van der Waals surface area contributed by atoms with Gasteiger partial charge >= 0.3 is 12.4 Å². The number of rotatable bonds is 7. The standard InChI is InChI=1S/C24H18F8N6O2/c1-11(36-18-9-35-37-21(39)19(18)24(30,31)32)4-14(25)10-38-3-2-12-5-16(17(26)6-15(12)22(38)40)20-33-7-13(8-34-20)23(27,28)29/h2-3,5-9,11,14H,4,10H2,1H3,(H2,36,37,39)/t11-,14?/m0/s1. The van der Waals surface area contributed by atoms with E-state index in [1.807, 2.05) is 0 Å². The van der Waals surface area contributed by atoms with Gasteiger partial charge in [0, 0.05) is 31.1 Å². The van der Waals surface area contributed by atoms with Gasteiger partial charge in [0.2, 0.25) is 0 Å². The van der Waals surface area contributed by atoms with Crippen LogP contribution in [-0.4, -0.2) is 36.9 Å². The zero-order valence-electron chi connectivity index (χ0n) is 20.2. The predicted molar refractivity (Wildman–Crippen MR) is 127 cm³/mol. The number of pyridine rings is 1. The van der Waals surface area contributed by atoms with Crippen LogP contribution in [0.1, 0.15) is 24.5 Å². The molecule has 2 N–H and O–H groups in total. The molecule has 0 saturated heterocycles. The molecule has 8 nitrogen and oxygen atoms in total. The van der Waals surface area contributed by atoms with Gasteiger partial charge < -0.3 is 9.88 Å². The molecule has 1 aromatic carbocycles. The van der Waals surface area contributed by atoms with Gasteiger partial charge in [-0.1, -0.05) is 0 Å². The number of nitrogens with one attached hydrogen (secondary N) is 2. The maximum Gasteiger partial charge on any atom is 0.423 e. The summed E-state index contributed by atoms with van der Waals surface area (Å²) in [6.45, 7) is 0.850. The molecular formula is C24H18F8N6O2. The van der Waals surface area contributed by atoms with Crippen molar-refractivity contribution in [2.45, 2.75) is 44.5 Å². The fourth-order valence-corrected chi connectivity index (χ4v) is 4.02. The van der Waals surface area contributed by atoms with E-state index in [9.17, 15) is 44.7 Å². The molecule has 0 aliphatic heterocycles. The lowest BCUT2D eigenvalue weighted by molar-refractivity contribution is -0.139. The number of benzene rings is 1. The molecule has 0 saturated carbocycles. The molecule has 1 unspecified atom stereocenters. The van der Waals surface area contributed by atoms with Crippen LogP contribution in [0.25, 0.3) is 22.2 Å². The minimum atomic E-state index is -4.99. The molecule has 0 aliphatic carbocycles. The smallest absolute Gasteiger partial charge is 0.381 e. The first-order chi connectivity index (χ1) is 18.6. The van der Waals surface area contributed by atoms with E-state index in [2.05, 4.69) is 20.4 Å². The molecule has 2 atom stereocenters. The van der Waals surface area contributed by atoms with Crippen molar-refractivity contribution in [3.8, 4) is 11.4 Å². The number of hydrogen-bond donors (Lipinski definition) is 2. The summed E-state index contributed by atoms with van der Waals surface area (Å²) < 4.78 is 108. The summed E-state index contributed by atoms with van der Waals surface area (Å²) in [5.41, 5.74) is -5.78. The minimum Gasteiger partial charge on any atom is -0.381 e. The summed E-state index contributed by atoms with van der Waals surface area (Å²) in [6.07, 6.45) is -8.82. The van der Waals surface area contributed by atoms with Crippen molar-refractivity contribution in [2.24, 2.45) is 0 Å². The van der Waals surface area contributed by atoms with Gasteiger partial charge in [0.25, 0.3) is 11.1 Å². The minimum absolute atomic E-state index is 0.154. The molecule has 3 heterocycles. The number of aromatic nitrogens is 5. The first-order valence-corrected chi connectivity index (χ1v) is 11.4. The fraction of sp³-hybridized carbons (Fsp3) is 0.292. The Bertz CT molecular complexity index is 1650. The van der Waals surface area contributed by atoms with Crippen molar-refractivity contribution >= 4 is 16.5 Å². The molecule has 40 heavy (non-hydrogen) atoms. The largest absolute Gasteiger partial charge is 0.423 e. The monoisotopic (exact) mass is 574 g/mol. The van der Waals surface area contributed by atoms with E-state index in [1.54, 1.807) is 5.10 Å². The number of nitrogens with zero attached hydrogens (tertiary/aromatic N) is 4. The van der Waals surface area contributed by atoms with Crippen LogP contribution < -0.4 is 16.4 Å². The molecule has 0 bridgehead atoms. The quantitative estimate of drug-likeness (QED) is 0.303. The highest BCUT2D eigenvalue weighted by Crippen LogP contribution is 2.32. The number of hydrogen-bond acceptors (Lipinski definition) is 6. The van der Waals surface area contributed by atoms with Gasteiger partial charge in [-0.3, -0.25) is 9.59 Å². The van der Waals surface area contributed by atoms with Gasteiger partial charge in [0.15, 0.2) is 5.82 Å². The fourth-order valence-electron chi connectivity index (χ4n) is 4.02. The van der Waals surface area contributed by atoms with Crippen molar-refractivity contribution in [1.29, 1.82) is 0 Å². The van der Waals surface area contributed by atoms with Gasteiger partial charge in [0.05, 0.1) is 34.9 Å². The van der Waals surface area contributed by atoms with Gasteiger partial charge in [-0.15, -0.1) is 0 Å². The normalized spacial score (nSPS) is 13.8. The van der Waals surface area contributed by atoms with Crippen LogP contribution in [0, 0.1) is 5.82 Å². The van der Waals surface area contributed by atoms with E-state index < -0.39 is 64.9 Å². The van der Waals surface area contributed by atoms with Gasteiger partial charge in [-0.05, 0) is 30.5 Å². The SMILES string of the molecule is C[C@@H](CC(F)Cn1ccc2cc(-c3ncc(C(F)(F)F)cn3)c(F)cc2c1=O)Nc1cn[nH]c(=O)c1C(F)(F)F. The van der Waals surface area contributed by atoms with Crippen molar-refractivity contribution in [2.75, 3.05) is 5.32 Å². The van der Waals surface area contributed by atoms with E-state index in [-0.39, 0.29) is 28.6 Å². The second-order valence-electron chi connectivity index (χ2n) is 8.85. The first kappa shape index (κ1) is 28.6. The van der Waals surface area contributed by atoms with E-state index in [1.165, 1.54) is 25.3 Å². The highest BCUT2D eigenvalue weighted by molar-refractivity contribution is 5.86. The van der Waals surface area contributed by atoms with E-state index in [4.69, 9.17) is 0 Å². The topological polar surface area (TPSA) is 106 Å². The lowest BCUT2D eigenvalue weighted by Gasteiger charge is -2.20. The Morgan fingerprint density at radius 1 is 1.02 bits per heavy atom. The number of aromatic amines is 1. The Hall–Kier alpha value is -4.37. The number of halogens is 8. The van der Waals surface area contributed by atoms with Crippen molar-refractivity contribution < 1.29 is 35.1 Å². The van der Waals surface area contributed by atoms with Crippen molar-refractivity contribution in [3.05, 3.63) is 80.6 Å². The average molecular weight is 574 g/mol. The molecule has 0 fully saturated rings. The predicted octanol–water partition coefficient (Wildman–Crippen LogP) is 4.95. The Balaban J connectivity index is 1.51. The highest BCUT2D eigenvalue weighted by Gasteiger charge is 2.37. The third-order valence-electron chi connectivity index (χ3n) is 5.83. The summed E-state index contributed by atoms with van der Waals surface area (Å²) >= 11 is 0. The van der Waals surface area contributed by atoms with Crippen LogP contribution >= 0.6 is 0 Å².